The fourth-order valence-electron chi connectivity index (χ4n) is 2.44. The van der Waals surface area contributed by atoms with Crippen molar-refractivity contribution in [1.82, 2.24) is 10.1 Å². The summed E-state index contributed by atoms with van der Waals surface area (Å²) in [6.07, 6.45) is 1.58. The first-order valence-electron chi connectivity index (χ1n) is 7.22. The topological polar surface area (TPSA) is 64.9 Å². The van der Waals surface area contributed by atoms with Crippen molar-refractivity contribution >= 4 is 15.9 Å². The highest BCUT2D eigenvalue weighted by atomic mass is 79.9. The van der Waals surface area contributed by atoms with E-state index < -0.39 is 0 Å². The Labute approximate surface area is 134 Å². The van der Waals surface area contributed by atoms with Crippen molar-refractivity contribution in [2.75, 3.05) is 0 Å². The van der Waals surface area contributed by atoms with Crippen molar-refractivity contribution in [3.05, 3.63) is 33.6 Å². The van der Waals surface area contributed by atoms with Crippen LogP contribution < -0.4 is 5.73 Å². The van der Waals surface area contributed by atoms with Crippen LogP contribution in [0.2, 0.25) is 0 Å². The Hall–Kier alpha value is -1.20. The Morgan fingerprint density at radius 1 is 1.24 bits per heavy atom. The number of benzene rings is 1. The minimum Gasteiger partial charge on any atom is -0.339 e. The van der Waals surface area contributed by atoms with Crippen molar-refractivity contribution in [3.8, 4) is 11.4 Å². The van der Waals surface area contributed by atoms with Crippen LogP contribution >= 0.6 is 15.9 Å². The molecule has 0 amide bonds. The molecule has 0 radical (unpaired) electrons. The van der Waals surface area contributed by atoms with Crippen molar-refractivity contribution in [1.29, 1.82) is 0 Å². The number of halogens is 1. The van der Waals surface area contributed by atoms with Crippen LogP contribution in [0, 0.1) is 19.8 Å². The first kappa shape index (κ1) is 16.2. The number of nitrogens with zero attached hydrogens (tertiary/aromatic N) is 2. The number of hydrogen-bond donors (Lipinski definition) is 1. The van der Waals surface area contributed by atoms with Crippen LogP contribution in [0.1, 0.15) is 37.3 Å². The highest BCUT2D eigenvalue weighted by molar-refractivity contribution is 9.10. The molecule has 0 saturated heterocycles. The molecule has 0 bridgehead atoms. The minimum atomic E-state index is 0.0618. The van der Waals surface area contributed by atoms with Gasteiger partial charge >= 0.3 is 0 Å². The van der Waals surface area contributed by atoms with Crippen molar-refractivity contribution < 1.29 is 4.52 Å². The van der Waals surface area contributed by atoms with Gasteiger partial charge in [-0.25, -0.2) is 0 Å². The summed E-state index contributed by atoms with van der Waals surface area (Å²) in [5, 5.41) is 4.07. The predicted molar refractivity (Wildman–Crippen MR) is 88.0 cm³/mol. The third kappa shape index (κ3) is 4.14. The second kappa shape index (κ2) is 6.71. The van der Waals surface area contributed by atoms with E-state index in [9.17, 15) is 0 Å². The molecule has 2 rings (SSSR count). The van der Waals surface area contributed by atoms with Crippen molar-refractivity contribution in [2.24, 2.45) is 11.7 Å². The summed E-state index contributed by atoms with van der Waals surface area (Å²) in [6, 6.07) is 4.17. The lowest BCUT2D eigenvalue weighted by Gasteiger charge is -2.10. The average Bonchev–Trinajstić information content (AvgIpc) is 2.82. The monoisotopic (exact) mass is 351 g/mol. The lowest BCUT2D eigenvalue weighted by atomic mass is 10.0. The second-order valence-electron chi connectivity index (χ2n) is 6.03. The average molecular weight is 352 g/mol. The molecule has 1 aromatic heterocycles. The standard InChI is InChI=1S/C16H22BrN3O/c1-9(2)5-13(18)8-14-19-16(20-21-14)12-6-10(3)15(17)11(4)7-12/h6-7,9,13H,5,8,18H2,1-4H3/t13-/m0/s1. The highest BCUT2D eigenvalue weighted by Crippen LogP contribution is 2.27. The number of aromatic nitrogens is 2. The van der Waals surface area contributed by atoms with Gasteiger partial charge in [0.25, 0.3) is 0 Å². The zero-order valence-corrected chi connectivity index (χ0v) is 14.6. The molecule has 0 unspecified atom stereocenters. The highest BCUT2D eigenvalue weighted by Gasteiger charge is 2.14. The van der Waals surface area contributed by atoms with Gasteiger partial charge in [0.1, 0.15) is 0 Å². The lowest BCUT2D eigenvalue weighted by Crippen LogP contribution is -2.24. The van der Waals surface area contributed by atoms with Crippen LogP contribution in [-0.2, 0) is 6.42 Å². The van der Waals surface area contributed by atoms with E-state index in [0.29, 0.717) is 24.1 Å². The third-order valence-electron chi connectivity index (χ3n) is 3.37. The third-order valence-corrected chi connectivity index (χ3v) is 4.62. The van der Waals surface area contributed by atoms with Crippen LogP contribution in [0.3, 0.4) is 0 Å². The van der Waals surface area contributed by atoms with Crippen LogP contribution in [0.5, 0.6) is 0 Å². The second-order valence-corrected chi connectivity index (χ2v) is 6.82. The summed E-state index contributed by atoms with van der Waals surface area (Å²) in [5.74, 6) is 1.80. The van der Waals surface area contributed by atoms with Crippen LogP contribution in [0.15, 0.2) is 21.1 Å². The molecule has 0 saturated carbocycles. The summed E-state index contributed by atoms with van der Waals surface area (Å²) >= 11 is 3.57. The molecule has 0 fully saturated rings. The fourth-order valence-corrected chi connectivity index (χ4v) is 2.67. The van der Waals surface area contributed by atoms with Gasteiger partial charge in [-0.1, -0.05) is 34.9 Å². The van der Waals surface area contributed by atoms with Crippen LogP contribution in [0.4, 0.5) is 0 Å². The Morgan fingerprint density at radius 2 is 1.86 bits per heavy atom. The van der Waals surface area contributed by atoms with Gasteiger partial charge < -0.3 is 10.3 Å². The van der Waals surface area contributed by atoms with E-state index in [1.54, 1.807) is 0 Å². The summed E-state index contributed by atoms with van der Waals surface area (Å²) < 4.78 is 6.45. The molecule has 114 valence electrons. The van der Waals surface area contributed by atoms with E-state index in [2.05, 4.69) is 65.9 Å². The van der Waals surface area contributed by atoms with Crippen LogP contribution in [-0.4, -0.2) is 16.2 Å². The van der Waals surface area contributed by atoms with E-state index in [0.717, 1.165) is 27.6 Å². The Balaban J connectivity index is 2.16. The molecule has 0 aliphatic rings. The number of hydrogen-bond acceptors (Lipinski definition) is 4. The first-order chi connectivity index (χ1) is 9.86. The number of nitrogens with two attached hydrogens (primary N) is 1. The summed E-state index contributed by atoms with van der Waals surface area (Å²) in [4.78, 5) is 4.47. The molecule has 4 nitrogen and oxygen atoms in total. The van der Waals surface area contributed by atoms with Crippen molar-refractivity contribution in [3.63, 3.8) is 0 Å². The van der Waals surface area contributed by atoms with Gasteiger partial charge in [-0.05, 0) is 49.4 Å². The van der Waals surface area contributed by atoms with Crippen LogP contribution in [0.25, 0.3) is 11.4 Å². The quantitative estimate of drug-likeness (QED) is 0.882. The first-order valence-corrected chi connectivity index (χ1v) is 8.01. The molecule has 5 heteroatoms. The maximum Gasteiger partial charge on any atom is 0.228 e. The van der Waals surface area contributed by atoms with Gasteiger partial charge in [0, 0.05) is 22.5 Å². The fraction of sp³-hybridized carbons (Fsp3) is 0.500. The molecule has 0 aliphatic heterocycles. The Bertz CT molecular complexity index is 599. The van der Waals surface area contributed by atoms with E-state index in [4.69, 9.17) is 10.3 Å². The largest absolute Gasteiger partial charge is 0.339 e. The van der Waals surface area contributed by atoms with E-state index >= 15 is 0 Å². The lowest BCUT2D eigenvalue weighted by molar-refractivity contribution is 0.359. The summed E-state index contributed by atoms with van der Waals surface area (Å²) in [6.45, 7) is 8.43. The van der Waals surface area contributed by atoms with Gasteiger partial charge in [-0.15, -0.1) is 0 Å². The molecule has 2 aromatic rings. The summed E-state index contributed by atoms with van der Waals surface area (Å²) in [7, 11) is 0. The molecular weight excluding hydrogens is 330 g/mol. The zero-order valence-electron chi connectivity index (χ0n) is 13.0. The van der Waals surface area contributed by atoms with E-state index in [1.807, 2.05) is 0 Å². The summed E-state index contributed by atoms with van der Waals surface area (Å²) in [5.41, 5.74) is 9.38. The molecule has 21 heavy (non-hydrogen) atoms. The Kier molecular flexibility index (Phi) is 5.17. The zero-order chi connectivity index (χ0) is 15.6. The Morgan fingerprint density at radius 3 is 2.43 bits per heavy atom. The molecule has 0 aliphatic carbocycles. The minimum absolute atomic E-state index is 0.0618. The van der Waals surface area contributed by atoms with Gasteiger partial charge in [0.05, 0.1) is 0 Å². The van der Waals surface area contributed by atoms with Gasteiger partial charge in [0.2, 0.25) is 11.7 Å². The molecule has 2 N–H and O–H groups in total. The smallest absolute Gasteiger partial charge is 0.228 e. The van der Waals surface area contributed by atoms with E-state index in [1.165, 1.54) is 0 Å². The van der Waals surface area contributed by atoms with Gasteiger partial charge in [-0.2, -0.15) is 4.98 Å². The normalized spacial score (nSPS) is 12.9. The molecule has 1 aromatic carbocycles. The van der Waals surface area contributed by atoms with Gasteiger partial charge in [0.15, 0.2) is 0 Å². The maximum atomic E-state index is 6.09. The van der Waals surface area contributed by atoms with E-state index in [-0.39, 0.29) is 6.04 Å². The molecular formula is C16H22BrN3O. The van der Waals surface area contributed by atoms with Gasteiger partial charge in [-0.3, -0.25) is 0 Å². The predicted octanol–water partition coefficient (Wildman–Crippen LogP) is 4.03. The van der Waals surface area contributed by atoms with Crippen molar-refractivity contribution in [2.45, 2.75) is 46.6 Å². The molecule has 0 spiro atoms. The SMILES string of the molecule is Cc1cc(-c2noc(C[C@@H](N)CC(C)C)n2)cc(C)c1Br. The molecule has 1 heterocycles. The molecule has 1 atom stereocenters. The number of aryl methyl sites for hydroxylation is 2. The number of rotatable bonds is 5. The maximum absolute atomic E-state index is 6.09.